The molecule has 0 aliphatic rings. The topological polar surface area (TPSA) is 76.8 Å². The third kappa shape index (κ3) is 5.36. The Morgan fingerprint density at radius 1 is 1.21 bits per heavy atom. The SMILES string of the molecule is CNC(C(=O)NCc1ccc(-n2ccc(C(F)(F)F)n2)cc1)c1cnn(C)c1.Cl. The Kier molecular flexibility index (Phi) is 7.04. The summed E-state index contributed by atoms with van der Waals surface area (Å²) in [5, 5.41) is 13.4. The summed E-state index contributed by atoms with van der Waals surface area (Å²) in [6, 6.07) is 7.13. The van der Waals surface area contributed by atoms with Crippen LogP contribution in [0.4, 0.5) is 13.2 Å². The van der Waals surface area contributed by atoms with E-state index in [2.05, 4.69) is 20.8 Å². The first-order valence-corrected chi connectivity index (χ1v) is 8.43. The first-order chi connectivity index (χ1) is 13.3. The number of aryl methyl sites for hydroxylation is 1. The number of carbonyl (C=O) groups is 1. The molecule has 3 rings (SSSR count). The van der Waals surface area contributed by atoms with Gasteiger partial charge in [-0.1, -0.05) is 12.1 Å². The van der Waals surface area contributed by atoms with Crippen LogP contribution < -0.4 is 10.6 Å². The van der Waals surface area contributed by atoms with E-state index in [1.54, 1.807) is 55.4 Å². The van der Waals surface area contributed by atoms with Crippen molar-refractivity contribution in [3.05, 3.63) is 65.7 Å². The van der Waals surface area contributed by atoms with Crippen LogP contribution in [0.3, 0.4) is 0 Å². The molecule has 2 heterocycles. The molecule has 156 valence electrons. The predicted molar refractivity (Wildman–Crippen MR) is 103 cm³/mol. The van der Waals surface area contributed by atoms with Crippen molar-refractivity contribution in [3.8, 4) is 5.69 Å². The minimum atomic E-state index is -4.48. The molecule has 0 saturated carbocycles. The maximum atomic E-state index is 12.6. The number of nitrogens with one attached hydrogen (secondary N) is 2. The molecule has 7 nitrogen and oxygen atoms in total. The summed E-state index contributed by atoms with van der Waals surface area (Å²) in [5.41, 5.74) is 1.10. The molecule has 1 unspecified atom stereocenters. The lowest BCUT2D eigenvalue weighted by Crippen LogP contribution is -2.35. The van der Waals surface area contributed by atoms with E-state index in [-0.39, 0.29) is 24.9 Å². The van der Waals surface area contributed by atoms with Crippen molar-refractivity contribution in [1.82, 2.24) is 30.2 Å². The maximum Gasteiger partial charge on any atom is 0.435 e. The number of nitrogens with zero attached hydrogens (tertiary/aromatic N) is 4. The van der Waals surface area contributed by atoms with Crippen molar-refractivity contribution in [2.45, 2.75) is 18.8 Å². The lowest BCUT2D eigenvalue weighted by atomic mass is 10.1. The van der Waals surface area contributed by atoms with E-state index in [1.807, 2.05) is 0 Å². The summed E-state index contributed by atoms with van der Waals surface area (Å²) in [4.78, 5) is 12.4. The smallest absolute Gasteiger partial charge is 0.350 e. The number of alkyl halides is 3. The second-order valence-corrected chi connectivity index (χ2v) is 6.20. The van der Waals surface area contributed by atoms with Crippen LogP contribution in [-0.2, 0) is 24.6 Å². The quantitative estimate of drug-likeness (QED) is 0.633. The number of rotatable bonds is 6. The second-order valence-electron chi connectivity index (χ2n) is 6.20. The molecule has 0 aliphatic carbocycles. The highest BCUT2D eigenvalue weighted by atomic mass is 35.5. The molecule has 29 heavy (non-hydrogen) atoms. The van der Waals surface area contributed by atoms with E-state index in [0.29, 0.717) is 5.69 Å². The van der Waals surface area contributed by atoms with Gasteiger partial charge in [-0.3, -0.25) is 9.48 Å². The third-order valence-electron chi connectivity index (χ3n) is 4.16. The van der Waals surface area contributed by atoms with Crippen LogP contribution in [0, 0.1) is 0 Å². The van der Waals surface area contributed by atoms with Gasteiger partial charge in [-0.25, -0.2) is 4.68 Å². The minimum absolute atomic E-state index is 0. The van der Waals surface area contributed by atoms with Gasteiger partial charge in [-0.05, 0) is 30.8 Å². The molecular formula is C18H20ClF3N6O. The van der Waals surface area contributed by atoms with Gasteiger partial charge in [0.15, 0.2) is 5.69 Å². The highest BCUT2D eigenvalue weighted by Gasteiger charge is 2.33. The van der Waals surface area contributed by atoms with Crippen LogP contribution in [0.1, 0.15) is 22.9 Å². The number of hydrogen-bond donors (Lipinski definition) is 2. The Labute approximate surface area is 171 Å². The highest BCUT2D eigenvalue weighted by Crippen LogP contribution is 2.27. The van der Waals surface area contributed by atoms with E-state index in [1.165, 1.54) is 6.20 Å². The summed E-state index contributed by atoms with van der Waals surface area (Å²) >= 11 is 0. The fourth-order valence-corrected chi connectivity index (χ4v) is 2.72. The van der Waals surface area contributed by atoms with Crippen molar-refractivity contribution in [2.24, 2.45) is 7.05 Å². The van der Waals surface area contributed by atoms with E-state index in [4.69, 9.17) is 0 Å². The van der Waals surface area contributed by atoms with Gasteiger partial charge < -0.3 is 10.6 Å². The van der Waals surface area contributed by atoms with Crippen molar-refractivity contribution < 1.29 is 18.0 Å². The van der Waals surface area contributed by atoms with E-state index >= 15 is 0 Å². The molecular weight excluding hydrogens is 409 g/mol. The lowest BCUT2D eigenvalue weighted by molar-refractivity contribution is -0.141. The standard InChI is InChI=1S/C18H19F3N6O.ClH/c1-22-16(13-10-24-26(2)11-13)17(28)23-9-12-3-5-14(6-4-12)27-8-7-15(25-27)18(19,20)21;/h3-8,10-11,16,22H,9H2,1-2H3,(H,23,28);1H. The zero-order valence-corrected chi connectivity index (χ0v) is 16.5. The van der Waals surface area contributed by atoms with Gasteiger partial charge in [0.25, 0.3) is 0 Å². The number of amides is 1. The summed E-state index contributed by atoms with van der Waals surface area (Å²) in [6.45, 7) is 0.282. The van der Waals surface area contributed by atoms with Gasteiger partial charge in [-0.15, -0.1) is 12.4 Å². The Morgan fingerprint density at radius 2 is 1.90 bits per heavy atom. The van der Waals surface area contributed by atoms with Gasteiger partial charge in [0, 0.05) is 31.5 Å². The van der Waals surface area contributed by atoms with E-state index in [9.17, 15) is 18.0 Å². The fraction of sp³-hybridized carbons (Fsp3) is 0.278. The van der Waals surface area contributed by atoms with Crippen molar-refractivity contribution in [3.63, 3.8) is 0 Å². The Balaban J connectivity index is 0.00000300. The van der Waals surface area contributed by atoms with Crippen LogP contribution in [0.15, 0.2) is 48.9 Å². The van der Waals surface area contributed by atoms with Crippen molar-refractivity contribution in [1.29, 1.82) is 0 Å². The lowest BCUT2D eigenvalue weighted by Gasteiger charge is -2.14. The third-order valence-corrected chi connectivity index (χ3v) is 4.16. The van der Waals surface area contributed by atoms with Crippen molar-refractivity contribution in [2.75, 3.05) is 7.05 Å². The molecule has 1 amide bonds. The van der Waals surface area contributed by atoms with Gasteiger partial charge in [0.1, 0.15) is 6.04 Å². The number of hydrogen-bond acceptors (Lipinski definition) is 4. The molecule has 0 radical (unpaired) electrons. The van der Waals surface area contributed by atoms with Gasteiger partial charge in [-0.2, -0.15) is 23.4 Å². The molecule has 11 heteroatoms. The Hall–Kier alpha value is -2.85. The molecule has 0 saturated heterocycles. The number of carbonyl (C=O) groups excluding carboxylic acids is 1. The average molecular weight is 429 g/mol. The van der Waals surface area contributed by atoms with E-state index in [0.717, 1.165) is 21.9 Å². The van der Waals surface area contributed by atoms with Crippen LogP contribution in [0.5, 0.6) is 0 Å². The first-order valence-electron chi connectivity index (χ1n) is 8.43. The minimum Gasteiger partial charge on any atom is -0.350 e. The molecule has 1 aromatic carbocycles. The van der Waals surface area contributed by atoms with Crippen LogP contribution in [0.25, 0.3) is 5.69 Å². The zero-order chi connectivity index (χ0) is 20.3. The molecule has 0 fully saturated rings. The molecule has 2 aromatic heterocycles. The summed E-state index contributed by atoms with van der Waals surface area (Å²) < 4.78 is 40.7. The summed E-state index contributed by atoms with van der Waals surface area (Å²) in [5.74, 6) is -0.207. The van der Waals surface area contributed by atoms with E-state index < -0.39 is 17.9 Å². The second kappa shape index (κ2) is 9.10. The van der Waals surface area contributed by atoms with Gasteiger partial charge in [0.05, 0.1) is 11.9 Å². The van der Waals surface area contributed by atoms with Crippen LogP contribution in [0.2, 0.25) is 0 Å². The number of benzene rings is 1. The maximum absolute atomic E-state index is 12.6. The largest absolute Gasteiger partial charge is 0.435 e. The Bertz CT molecular complexity index is 951. The Morgan fingerprint density at radius 3 is 2.41 bits per heavy atom. The summed E-state index contributed by atoms with van der Waals surface area (Å²) in [7, 11) is 3.46. The number of likely N-dealkylation sites (N-methyl/N-ethyl adjacent to an activating group) is 1. The number of halogens is 4. The average Bonchev–Trinajstić information content (AvgIpc) is 3.30. The highest BCUT2D eigenvalue weighted by molar-refractivity contribution is 5.85. The molecule has 0 spiro atoms. The van der Waals surface area contributed by atoms with Crippen LogP contribution >= 0.6 is 12.4 Å². The fourth-order valence-electron chi connectivity index (χ4n) is 2.72. The van der Waals surface area contributed by atoms with Crippen molar-refractivity contribution >= 4 is 18.3 Å². The normalized spacial score (nSPS) is 12.3. The first kappa shape index (κ1) is 22.4. The van der Waals surface area contributed by atoms with Crippen LogP contribution in [-0.4, -0.2) is 32.5 Å². The number of aromatic nitrogens is 4. The predicted octanol–water partition coefficient (Wildman–Crippen LogP) is 2.62. The zero-order valence-electron chi connectivity index (χ0n) is 15.6. The van der Waals surface area contributed by atoms with Gasteiger partial charge in [0.2, 0.25) is 5.91 Å². The van der Waals surface area contributed by atoms with Gasteiger partial charge >= 0.3 is 6.18 Å². The molecule has 3 aromatic rings. The molecule has 1 atom stereocenters. The monoisotopic (exact) mass is 428 g/mol. The summed E-state index contributed by atoms with van der Waals surface area (Å²) in [6.07, 6.45) is 0.155. The molecule has 0 bridgehead atoms. The molecule has 2 N–H and O–H groups in total. The molecule has 0 aliphatic heterocycles.